The SMILES string of the molecule is CCCCCCCCCCCCCCCCCCC[C@@H](O)C(=O)N[C@@H](CO[C@@H]1O[C@H](CO[C@H]2O[C@H](CO)[C@H](O)[C@H](O)[C@H]2O)[C@@H](O)[C@H](O)[C@H]1O)[C@H](O)[C@H](O)/C=C/CCCCCCCCCC(C)C. The first-order valence-electron chi connectivity index (χ1n) is 26.5. The zero-order valence-corrected chi connectivity index (χ0v) is 41.5. The summed E-state index contributed by atoms with van der Waals surface area (Å²) < 4.78 is 22.3. The maximum atomic E-state index is 13.3. The van der Waals surface area contributed by atoms with Gasteiger partial charge in [-0.15, -0.1) is 0 Å². The zero-order chi connectivity index (χ0) is 49.4. The third-order valence-electron chi connectivity index (χ3n) is 13.3. The molecular weight excluding hydrogens is 867 g/mol. The molecule has 1 amide bonds. The van der Waals surface area contributed by atoms with Gasteiger partial charge in [0.1, 0.15) is 67.1 Å². The minimum absolute atomic E-state index is 0.194. The molecule has 14 atom stereocenters. The highest BCUT2D eigenvalue weighted by molar-refractivity contribution is 5.80. The molecule has 2 aliphatic rings. The van der Waals surface area contributed by atoms with Gasteiger partial charge >= 0.3 is 0 Å². The van der Waals surface area contributed by atoms with Gasteiger partial charge in [-0.25, -0.2) is 0 Å². The van der Waals surface area contributed by atoms with Crippen LogP contribution < -0.4 is 5.32 Å². The molecule has 0 unspecified atom stereocenters. The van der Waals surface area contributed by atoms with Crippen LogP contribution in [0.2, 0.25) is 0 Å². The average molecular weight is 964 g/mol. The minimum Gasteiger partial charge on any atom is -0.394 e. The third-order valence-corrected chi connectivity index (χ3v) is 13.3. The monoisotopic (exact) mass is 964 g/mol. The Bertz CT molecular complexity index is 1230. The lowest BCUT2D eigenvalue weighted by Gasteiger charge is -2.43. The molecule has 16 heteroatoms. The number of rotatable bonds is 40. The number of unbranched alkanes of at least 4 members (excludes halogenated alkanes) is 23. The largest absolute Gasteiger partial charge is 0.394 e. The molecule has 2 heterocycles. The number of carbonyl (C=O) groups is 1. The standard InChI is InChI=1S/C51H97NO15/c1-4-5-6-7-8-9-10-11-12-13-14-15-16-19-23-26-29-32-39(55)49(63)52-37(42(56)38(54)31-28-25-22-20-17-18-21-24-27-30-36(2)3)34-64-50-48(62)46(60)44(58)41(67-50)35-65-51-47(61)45(59)43(57)40(33-53)66-51/h28,31,36-48,50-51,53-62H,4-27,29-30,32-35H2,1-3H3,(H,52,63)/b31-28+/t37-,38+,39+,40+,41+,42-,43-,44+,45-,46-,47+,48+,50+,51-/m0/s1. The second kappa shape index (κ2) is 37.4. The second-order valence-corrected chi connectivity index (χ2v) is 19.8. The number of nitrogens with one attached hydrogen (secondary N) is 1. The predicted octanol–water partition coefficient (Wildman–Crippen LogP) is 4.96. The number of hydrogen-bond acceptors (Lipinski definition) is 15. The number of aliphatic hydroxyl groups is 10. The quantitative estimate of drug-likeness (QED) is 0.0286. The Morgan fingerprint density at radius 2 is 1.00 bits per heavy atom. The zero-order valence-electron chi connectivity index (χ0n) is 41.5. The highest BCUT2D eigenvalue weighted by Crippen LogP contribution is 2.27. The van der Waals surface area contributed by atoms with Crippen molar-refractivity contribution >= 4 is 5.91 Å². The third kappa shape index (κ3) is 25.6. The summed E-state index contributed by atoms with van der Waals surface area (Å²) in [5, 5.41) is 108. The molecular formula is C51H97NO15. The van der Waals surface area contributed by atoms with Crippen molar-refractivity contribution in [3.63, 3.8) is 0 Å². The van der Waals surface area contributed by atoms with Crippen LogP contribution in [0.4, 0.5) is 0 Å². The Kier molecular flexibility index (Phi) is 34.5. The van der Waals surface area contributed by atoms with Crippen molar-refractivity contribution in [1.82, 2.24) is 5.32 Å². The van der Waals surface area contributed by atoms with Gasteiger partial charge in [-0.3, -0.25) is 4.79 Å². The van der Waals surface area contributed by atoms with Gasteiger partial charge < -0.3 is 75.3 Å². The van der Waals surface area contributed by atoms with Crippen molar-refractivity contribution in [3.8, 4) is 0 Å². The van der Waals surface area contributed by atoms with Gasteiger partial charge in [0.2, 0.25) is 5.91 Å². The van der Waals surface area contributed by atoms with E-state index in [-0.39, 0.29) is 6.42 Å². The van der Waals surface area contributed by atoms with E-state index in [9.17, 15) is 55.9 Å². The molecule has 2 saturated heterocycles. The van der Waals surface area contributed by atoms with E-state index in [1.807, 2.05) is 0 Å². The summed E-state index contributed by atoms with van der Waals surface area (Å²) in [5.74, 6) is -0.0510. The van der Waals surface area contributed by atoms with Gasteiger partial charge in [0, 0.05) is 0 Å². The summed E-state index contributed by atoms with van der Waals surface area (Å²) in [6, 6.07) is -1.32. The molecule has 11 N–H and O–H groups in total. The van der Waals surface area contributed by atoms with Gasteiger partial charge in [-0.2, -0.15) is 0 Å². The lowest BCUT2D eigenvalue weighted by atomic mass is 9.98. The van der Waals surface area contributed by atoms with Crippen LogP contribution in [0, 0.1) is 5.92 Å². The summed E-state index contributed by atoms with van der Waals surface area (Å²) in [5.41, 5.74) is 0. The normalized spacial score (nSPS) is 27.7. The smallest absolute Gasteiger partial charge is 0.249 e. The van der Waals surface area contributed by atoms with E-state index >= 15 is 0 Å². The fourth-order valence-corrected chi connectivity index (χ4v) is 8.77. The fraction of sp³-hybridized carbons (Fsp3) is 0.941. The molecule has 16 nitrogen and oxygen atoms in total. The van der Waals surface area contributed by atoms with Gasteiger partial charge in [0.05, 0.1) is 25.9 Å². The molecule has 2 rings (SSSR count). The Morgan fingerprint density at radius 1 is 0.567 bits per heavy atom. The maximum Gasteiger partial charge on any atom is 0.249 e. The van der Waals surface area contributed by atoms with Gasteiger partial charge in [-0.05, 0) is 25.2 Å². The lowest BCUT2D eigenvalue weighted by molar-refractivity contribution is -0.331. The highest BCUT2D eigenvalue weighted by atomic mass is 16.7. The second-order valence-electron chi connectivity index (χ2n) is 19.8. The number of aliphatic hydroxyl groups excluding tert-OH is 10. The van der Waals surface area contributed by atoms with Crippen LogP contribution in [0.1, 0.15) is 194 Å². The van der Waals surface area contributed by atoms with Gasteiger partial charge in [0.15, 0.2) is 12.6 Å². The van der Waals surface area contributed by atoms with Crippen molar-refractivity contribution in [2.75, 3.05) is 19.8 Å². The van der Waals surface area contributed by atoms with Crippen molar-refractivity contribution in [1.29, 1.82) is 0 Å². The molecule has 2 aliphatic heterocycles. The lowest BCUT2D eigenvalue weighted by Crippen LogP contribution is -2.62. The predicted molar refractivity (Wildman–Crippen MR) is 257 cm³/mol. The number of ether oxygens (including phenoxy) is 4. The Labute approximate surface area is 402 Å². The van der Waals surface area contributed by atoms with Crippen LogP contribution in [-0.2, 0) is 23.7 Å². The molecule has 0 saturated carbocycles. The van der Waals surface area contributed by atoms with E-state index < -0.39 is 111 Å². The molecule has 0 aromatic heterocycles. The van der Waals surface area contributed by atoms with E-state index in [0.29, 0.717) is 12.8 Å². The fourth-order valence-electron chi connectivity index (χ4n) is 8.77. The molecule has 2 fully saturated rings. The first-order chi connectivity index (χ1) is 32.2. The van der Waals surface area contributed by atoms with Gasteiger partial charge in [-0.1, -0.05) is 187 Å². The number of amides is 1. The molecule has 0 bridgehead atoms. The molecule has 396 valence electrons. The van der Waals surface area contributed by atoms with Crippen LogP contribution in [-0.4, -0.2) is 163 Å². The van der Waals surface area contributed by atoms with E-state index in [0.717, 1.165) is 50.9 Å². The van der Waals surface area contributed by atoms with Gasteiger partial charge in [0.25, 0.3) is 0 Å². The van der Waals surface area contributed by atoms with Crippen LogP contribution >= 0.6 is 0 Å². The van der Waals surface area contributed by atoms with E-state index in [1.165, 1.54) is 115 Å². The molecule has 0 radical (unpaired) electrons. The minimum atomic E-state index is -1.83. The summed E-state index contributed by atoms with van der Waals surface area (Å²) in [4.78, 5) is 13.3. The number of hydrogen-bond donors (Lipinski definition) is 11. The summed E-state index contributed by atoms with van der Waals surface area (Å²) in [6.45, 7) is 4.89. The molecule has 67 heavy (non-hydrogen) atoms. The first kappa shape index (κ1) is 61.8. The Morgan fingerprint density at radius 3 is 1.49 bits per heavy atom. The first-order valence-corrected chi connectivity index (χ1v) is 26.5. The highest BCUT2D eigenvalue weighted by Gasteiger charge is 2.48. The Hall–Kier alpha value is -1.35. The topological polar surface area (TPSA) is 268 Å². The number of carbonyl (C=O) groups excluding carboxylic acids is 1. The van der Waals surface area contributed by atoms with E-state index in [2.05, 4.69) is 26.1 Å². The number of allylic oxidation sites excluding steroid dienone is 1. The van der Waals surface area contributed by atoms with Crippen molar-refractivity contribution in [2.45, 2.75) is 280 Å². The van der Waals surface area contributed by atoms with Crippen LogP contribution in [0.15, 0.2) is 12.2 Å². The summed E-state index contributed by atoms with van der Waals surface area (Å²) in [7, 11) is 0. The Balaban J connectivity index is 1.89. The van der Waals surface area contributed by atoms with Crippen molar-refractivity contribution in [2.24, 2.45) is 5.92 Å². The van der Waals surface area contributed by atoms with Crippen LogP contribution in [0.25, 0.3) is 0 Å². The van der Waals surface area contributed by atoms with Crippen LogP contribution in [0.3, 0.4) is 0 Å². The van der Waals surface area contributed by atoms with Crippen molar-refractivity contribution < 1.29 is 74.8 Å². The molecule has 0 aliphatic carbocycles. The average Bonchev–Trinajstić information content (AvgIpc) is 3.31. The summed E-state index contributed by atoms with van der Waals surface area (Å²) in [6.07, 6.45) is 13.1. The molecule has 0 spiro atoms. The van der Waals surface area contributed by atoms with E-state index in [4.69, 9.17) is 18.9 Å². The van der Waals surface area contributed by atoms with Crippen molar-refractivity contribution in [3.05, 3.63) is 12.2 Å². The molecule has 0 aromatic rings. The van der Waals surface area contributed by atoms with Crippen LogP contribution in [0.5, 0.6) is 0 Å². The van der Waals surface area contributed by atoms with E-state index in [1.54, 1.807) is 6.08 Å². The summed E-state index contributed by atoms with van der Waals surface area (Å²) >= 11 is 0. The maximum absolute atomic E-state index is 13.3. The molecule has 0 aromatic carbocycles.